The van der Waals surface area contributed by atoms with E-state index < -0.39 is 12.1 Å². The normalized spacial score (nSPS) is 16.7. The molecule has 0 aliphatic carbocycles. The van der Waals surface area contributed by atoms with Crippen molar-refractivity contribution in [2.75, 3.05) is 18.6 Å². The molecular formula is C16H13N3O3S. The second-order valence-corrected chi connectivity index (χ2v) is 5.94. The number of ether oxygens (including phenoxy) is 2. The van der Waals surface area contributed by atoms with Gasteiger partial charge in [0.15, 0.2) is 0 Å². The molecule has 6 nitrogen and oxygen atoms in total. The first-order valence-corrected chi connectivity index (χ1v) is 7.95. The molecular weight excluding hydrogens is 314 g/mol. The number of aromatic nitrogens is 2. The van der Waals surface area contributed by atoms with Crippen LogP contribution in [0.3, 0.4) is 0 Å². The van der Waals surface area contributed by atoms with Crippen LogP contribution in [-0.2, 0) is 9.53 Å². The van der Waals surface area contributed by atoms with Crippen LogP contribution < -0.4 is 9.64 Å². The molecule has 0 unspecified atom stereocenters. The van der Waals surface area contributed by atoms with Gasteiger partial charge >= 0.3 is 5.97 Å². The summed E-state index contributed by atoms with van der Waals surface area (Å²) in [6.07, 6.45) is 0.845. The fraction of sp³-hybridized carbons (Fsp3) is 0.188. The van der Waals surface area contributed by atoms with E-state index in [0.29, 0.717) is 12.3 Å². The minimum absolute atomic E-state index is 0.339. The van der Waals surface area contributed by atoms with Crippen molar-refractivity contribution in [3.8, 4) is 5.75 Å². The molecule has 3 heterocycles. The van der Waals surface area contributed by atoms with Gasteiger partial charge in [-0.1, -0.05) is 12.1 Å². The summed E-state index contributed by atoms with van der Waals surface area (Å²) in [5.74, 6) is 0.997. The second kappa shape index (κ2) is 5.51. The lowest BCUT2D eigenvalue weighted by Crippen LogP contribution is -2.43. The highest BCUT2D eigenvalue weighted by Gasteiger charge is 2.33. The van der Waals surface area contributed by atoms with Crippen molar-refractivity contribution >= 4 is 39.0 Å². The van der Waals surface area contributed by atoms with Gasteiger partial charge in [-0.05, 0) is 23.6 Å². The standard InChI is InChI=1S/C16H13N3O3S/c1-21-16(20)13-8-19(11-4-2-3-5-12(11)22-13)14-10-6-7-23-15(10)18-9-17-14/h2-7,9,13H,8H2,1H3/t13-/m1/s1. The van der Waals surface area contributed by atoms with Gasteiger partial charge in [0, 0.05) is 0 Å². The summed E-state index contributed by atoms with van der Waals surface area (Å²) in [6, 6.07) is 9.57. The predicted molar refractivity (Wildman–Crippen MR) is 87.3 cm³/mol. The highest BCUT2D eigenvalue weighted by Crippen LogP contribution is 2.40. The monoisotopic (exact) mass is 327 g/mol. The molecule has 0 radical (unpaired) electrons. The number of fused-ring (bicyclic) bond motifs is 2. The van der Waals surface area contributed by atoms with Crippen LogP contribution in [0, 0.1) is 0 Å². The van der Waals surface area contributed by atoms with Crippen LogP contribution in [0.5, 0.6) is 5.75 Å². The first kappa shape index (κ1) is 14.0. The van der Waals surface area contributed by atoms with Gasteiger partial charge < -0.3 is 14.4 Å². The Morgan fingerprint density at radius 3 is 3.09 bits per heavy atom. The van der Waals surface area contributed by atoms with E-state index in [9.17, 15) is 4.79 Å². The van der Waals surface area contributed by atoms with Gasteiger partial charge in [0.05, 0.1) is 24.7 Å². The Bertz CT molecular complexity index is 880. The van der Waals surface area contributed by atoms with Crippen molar-refractivity contribution < 1.29 is 14.3 Å². The molecule has 23 heavy (non-hydrogen) atoms. The third-order valence-corrected chi connectivity index (χ3v) is 4.55. The molecule has 0 spiro atoms. The van der Waals surface area contributed by atoms with Crippen molar-refractivity contribution in [3.05, 3.63) is 42.0 Å². The summed E-state index contributed by atoms with van der Waals surface area (Å²) in [5, 5.41) is 2.94. The molecule has 0 fully saturated rings. The number of hydrogen-bond acceptors (Lipinski definition) is 7. The maximum absolute atomic E-state index is 12.0. The molecule has 0 saturated carbocycles. The Morgan fingerprint density at radius 2 is 2.22 bits per heavy atom. The van der Waals surface area contributed by atoms with Crippen LogP contribution in [0.25, 0.3) is 10.2 Å². The first-order chi connectivity index (χ1) is 11.3. The number of para-hydroxylation sites is 2. The third kappa shape index (κ3) is 2.29. The Kier molecular flexibility index (Phi) is 3.34. The Morgan fingerprint density at radius 1 is 1.35 bits per heavy atom. The van der Waals surface area contributed by atoms with Crippen molar-refractivity contribution in [2.45, 2.75) is 6.10 Å². The molecule has 7 heteroatoms. The summed E-state index contributed by atoms with van der Waals surface area (Å²) in [5.41, 5.74) is 0.874. The SMILES string of the molecule is COC(=O)[C@H]1CN(c2ncnc3sccc23)c2ccccc2O1. The molecule has 0 bridgehead atoms. The number of methoxy groups -OCH3 is 1. The molecule has 1 aromatic carbocycles. The summed E-state index contributed by atoms with van der Waals surface area (Å²) >= 11 is 1.56. The maximum atomic E-state index is 12.0. The van der Waals surface area contributed by atoms with E-state index in [2.05, 4.69) is 9.97 Å². The van der Waals surface area contributed by atoms with Crippen LogP contribution in [-0.4, -0.2) is 35.7 Å². The van der Waals surface area contributed by atoms with Gasteiger partial charge in [-0.25, -0.2) is 14.8 Å². The maximum Gasteiger partial charge on any atom is 0.348 e. The molecule has 1 aliphatic rings. The molecule has 0 N–H and O–H groups in total. The number of rotatable bonds is 2. The minimum Gasteiger partial charge on any atom is -0.475 e. The summed E-state index contributed by atoms with van der Waals surface area (Å²) in [6.45, 7) is 0.339. The highest BCUT2D eigenvalue weighted by atomic mass is 32.1. The fourth-order valence-corrected chi connectivity index (χ4v) is 3.41. The topological polar surface area (TPSA) is 64.5 Å². The minimum atomic E-state index is -0.696. The van der Waals surface area contributed by atoms with E-state index in [4.69, 9.17) is 9.47 Å². The number of benzene rings is 1. The highest BCUT2D eigenvalue weighted by molar-refractivity contribution is 7.16. The quantitative estimate of drug-likeness (QED) is 0.674. The van der Waals surface area contributed by atoms with E-state index in [-0.39, 0.29) is 0 Å². The van der Waals surface area contributed by atoms with Crippen molar-refractivity contribution in [3.63, 3.8) is 0 Å². The smallest absolute Gasteiger partial charge is 0.348 e. The van der Waals surface area contributed by atoms with E-state index in [1.165, 1.54) is 7.11 Å². The zero-order valence-corrected chi connectivity index (χ0v) is 13.1. The van der Waals surface area contributed by atoms with Gasteiger partial charge in [-0.2, -0.15) is 0 Å². The number of esters is 1. The average Bonchev–Trinajstić information content (AvgIpc) is 3.08. The van der Waals surface area contributed by atoms with E-state index in [0.717, 1.165) is 21.7 Å². The molecule has 1 aliphatic heterocycles. The van der Waals surface area contributed by atoms with Crippen molar-refractivity contribution in [1.29, 1.82) is 0 Å². The largest absolute Gasteiger partial charge is 0.475 e. The van der Waals surface area contributed by atoms with Gasteiger partial charge in [0.25, 0.3) is 0 Å². The lowest BCUT2D eigenvalue weighted by molar-refractivity contribution is -0.148. The molecule has 2 aromatic heterocycles. The summed E-state index contributed by atoms with van der Waals surface area (Å²) in [7, 11) is 1.36. The van der Waals surface area contributed by atoms with Crippen LogP contribution >= 0.6 is 11.3 Å². The summed E-state index contributed by atoms with van der Waals surface area (Å²) in [4.78, 5) is 23.6. The molecule has 3 aromatic rings. The second-order valence-electron chi connectivity index (χ2n) is 5.04. The number of nitrogens with zero attached hydrogens (tertiary/aromatic N) is 3. The predicted octanol–water partition coefficient (Wildman–Crippen LogP) is 2.76. The fourth-order valence-electron chi connectivity index (χ4n) is 2.68. The number of carbonyl (C=O) groups excluding carboxylic acids is 1. The summed E-state index contributed by atoms with van der Waals surface area (Å²) < 4.78 is 10.6. The van der Waals surface area contributed by atoms with Crippen LogP contribution in [0.2, 0.25) is 0 Å². The molecule has 4 rings (SSSR count). The average molecular weight is 327 g/mol. The molecule has 0 amide bonds. The lowest BCUT2D eigenvalue weighted by atomic mass is 10.1. The molecule has 0 saturated heterocycles. The molecule has 1 atom stereocenters. The van der Waals surface area contributed by atoms with Crippen LogP contribution in [0.1, 0.15) is 0 Å². The van der Waals surface area contributed by atoms with Gasteiger partial charge in [-0.3, -0.25) is 0 Å². The molecule has 116 valence electrons. The van der Waals surface area contributed by atoms with Gasteiger partial charge in [0.1, 0.15) is 22.7 Å². The number of hydrogen-bond donors (Lipinski definition) is 0. The number of anilines is 2. The zero-order chi connectivity index (χ0) is 15.8. The third-order valence-electron chi connectivity index (χ3n) is 3.73. The first-order valence-electron chi connectivity index (χ1n) is 7.07. The van der Waals surface area contributed by atoms with E-state index in [1.54, 1.807) is 17.7 Å². The number of thiophene rings is 1. The van der Waals surface area contributed by atoms with Crippen molar-refractivity contribution in [2.24, 2.45) is 0 Å². The van der Waals surface area contributed by atoms with E-state index in [1.807, 2.05) is 40.6 Å². The lowest BCUT2D eigenvalue weighted by Gasteiger charge is -2.34. The van der Waals surface area contributed by atoms with E-state index >= 15 is 0 Å². The Hall–Kier alpha value is -2.67. The van der Waals surface area contributed by atoms with Gasteiger partial charge in [0.2, 0.25) is 6.10 Å². The zero-order valence-electron chi connectivity index (χ0n) is 12.3. The van der Waals surface area contributed by atoms with Gasteiger partial charge in [-0.15, -0.1) is 11.3 Å². The van der Waals surface area contributed by atoms with Crippen molar-refractivity contribution in [1.82, 2.24) is 9.97 Å². The Balaban J connectivity index is 1.86. The number of carbonyl (C=O) groups is 1. The van der Waals surface area contributed by atoms with Crippen LogP contribution in [0.4, 0.5) is 11.5 Å². The van der Waals surface area contributed by atoms with Crippen LogP contribution in [0.15, 0.2) is 42.0 Å². The Labute approximate surface area is 136 Å².